The first-order valence-corrected chi connectivity index (χ1v) is 11.7. The topological polar surface area (TPSA) is 109 Å². The molecule has 1 fully saturated rings. The second-order valence-electron chi connectivity index (χ2n) is 9.08. The summed E-state index contributed by atoms with van der Waals surface area (Å²) in [6.45, 7) is 5.25. The molecule has 4 heterocycles. The number of amides is 1. The molecule has 3 N–H and O–H groups in total. The maximum atomic E-state index is 11.3. The average molecular weight is 447 g/mol. The fourth-order valence-corrected chi connectivity index (χ4v) is 4.76. The lowest BCUT2D eigenvalue weighted by Gasteiger charge is -2.29. The lowest BCUT2D eigenvalue weighted by atomic mass is 9.86. The van der Waals surface area contributed by atoms with Crippen molar-refractivity contribution >= 4 is 23.2 Å². The predicted molar refractivity (Wildman–Crippen MR) is 126 cm³/mol. The first-order valence-electron chi connectivity index (χ1n) is 11.7. The van der Waals surface area contributed by atoms with E-state index in [-0.39, 0.29) is 11.9 Å². The van der Waals surface area contributed by atoms with Gasteiger partial charge in [0.2, 0.25) is 17.6 Å². The van der Waals surface area contributed by atoms with Crippen molar-refractivity contribution in [3.05, 3.63) is 53.9 Å². The lowest BCUT2D eigenvalue weighted by Crippen LogP contribution is -2.37. The summed E-state index contributed by atoms with van der Waals surface area (Å²) >= 11 is 0. The van der Waals surface area contributed by atoms with Gasteiger partial charge < -0.3 is 16.0 Å². The highest BCUT2D eigenvalue weighted by Gasteiger charge is 2.23. The molecule has 5 rings (SSSR count). The van der Waals surface area contributed by atoms with E-state index < -0.39 is 0 Å². The van der Waals surface area contributed by atoms with Crippen LogP contribution < -0.4 is 16.0 Å². The zero-order valence-electron chi connectivity index (χ0n) is 19.1. The van der Waals surface area contributed by atoms with Crippen molar-refractivity contribution in [1.82, 2.24) is 35.0 Å². The molecule has 3 aromatic heterocycles. The van der Waals surface area contributed by atoms with Crippen molar-refractivity contribution in [1.29, 1.82) is 0 Å². The van der Waals surface area contributed by atoms with E-state index in [9.17, 15) is 4.79 Å². The SMILES string of the molecule is CC(=O)NC1CCC(CNc2ncc3c(n2)CN[C@H](C)C=C3c2cnc3nccn3c2)CC1. The van der Waals surface area contributed by atoms with Crippen molar-refractivity contribution in [2.75, 3.05) is 11.9 Å². The minimum atomic E-state index is 0.0621. The molecule has 33 heavy (non-hydrogen) atoms. The number of rotatable bonds is 5. The van der Waals surface area contributed by atoms with Gasteiger partial charge in [-0.2, -0.15) is 0 Å². The first-order chi connectivity index (χ1) is 16.0. The number of fused-ring (bicyclic) bond motifs is 2. The summed E-state index contributed by atoms with van der Waals surface area (Å²) in [5.41, 5.74) is 4.09. The smallest absolute Gasteiger partial charge is 0.233 e. The standard InChI is InChI=1S/C24H30N8O/c1-15-9-20(18-11-29-24-25-7-8-32(24)14-18)21-12-28-23(31-22(21)13-26-15)27-10-17-3-5-19(6-4-17)30-16(2)33/h7-9,11-12,14-15,17,19,26H,3-6,10,13H2,1-2H3,(H,30,33)(H,27,28,31)/t15-,17?,19?/m1/s1. The summed E-state index contributed by atoms with van der Waals surface area (Å²) in [4.78, 5) is 29.5. The predicted octanol–water partition coefficient (Wildman–Crippen LogP) is 2.55. The van der Waals surface area contributed by atoms with Crippen LogP contribution in [0, 0.1) is 5.92 Å². The molecular weight excluding hydrogens is 416 g/mol. The molecule has 2 aliphatic rings. The van der Waals surface area contributed by atoms with Crippen LogP contribution in [0.5, 0.6) is 0 Å². The number of hydrogen-bond donors (Lipinski definition) is 3. The van der Waals surface area contributed by atoms with E-state index in [4.69, 9.17) is 4.98 Å². The summed E-state index contributed by atoms with van der Waals surface area (Å²) < 4.78 is 1.93. The highest BCUT2D eigenvalue weighted by atomic mass is 16.1. The van der Waals surface area contributed by atoms with Crippen LogP contribution >= 0.6 is 0 Å². The molecule has 1 saturated carbocycles. The highest BCUT2D eigenvalue weighted by Crippen LogP contribution is 2.29. The molecule has 0 saturated heterocycles. The van der Waals surface area contributed by atoms with Gasteiger partial charge >= 0.3 is 0 Å². The maximum Gasteiger partial charge on any atom is 0.233 e. The highest BCUT2D eigenvalue weighted by molar-refractivity contribution is 5.81. The average Bonchev–Trinajstić information content (AvgIpc) is 3.22. The van der Waals surface area contributed by atoms with Gasteiger partial charge in [-0.25, -0.2) is 19.9 Å². The molecule has 9 heteroatoms. The van der Waals surface area contributed by atoms with Crippen molar-refractivity contribution in [3.63, 3.8) is 0 Å². The van der Waals surface area contributed by atoms with Gasteiger partial charge in [-0.05, 0) is 44.1 Å². The summed E-state index contributed by atoms with van der Waals surface area (Å²) in [6.07, 6.45) is 15.9. The quantitative estimate of drug-likeness (QED) is 0.553. The lowest BCUT2D eigenvalue weighted by molar-refractivity contribution is -0.119. The van der Waals surface area contributed by atoms with Crippen LogP contribution in [-0.2, 0) is 11.3 Å². The Labute approximate surface area is 193 Å². The van der Waals surface area contributed by atoms with Crippen LogP contribution in [0.15, 0.2) is 37.1 Å². The van der Waals surface area contributed by atoms with Gasteiger partial charge in [-0.1, -0.05) is 6.08 Å². The van der Waals surface area contributed by atoms with Crippen LogP contribution in [0.3, 0.4) is 0 Å². The Morgan fingerprint density at radius 2 is 2.03 bits per heavy atom. The Bertz CT molecular complexity index is 1180. The summed E-state index contributed by atoms with van der Waals surface area (Å²) in [5, 5.41) is 10.0. The molecule has 0 unspecified atom stereocenters. The van der Waals surface area contributed by atoms with Crippen molar-refractivity contribution in [3.8, 4) is 0 Å². The Balaban J connectivity index is 1.30. The number of carbonyl (C=O) groups excluding carboxylic acids is 1. The number of hydrogen-bond acceptors (Lipinski definition) is 7. The third kappa shape index (κ3) is 4.88. The largest absolute Gasteiger partial charge is 0.354 e. The van der Waals surface area contributed by atoms with Crippen LogP contribution in [0.2, 0.25) is 0 Å². The van der Waals surface area contributed by atoms with Gasteiger partial charge in [0.1, 0.15) is 0 Å². The molecule has 9 nitrogen and oxygen atoms in total. The Morgan fingerprint density at radius 3 is 2.85 bits per heavy atom. The van der Waals surface area contributed by atoms with Crippen LogP contribution in [0.4, 0.5) is 5.95 Å². The number of anilines is 1. The van der Waals surface area contributed by atoms with Gasteiger partial charge in [-0.15, -0.1) is 0 Å². The van der Waals surface area contributed by atoms with Crippen molar-refractivity contribution in [2.24, 2.45) is 5.92 Å². The molecule has 172 valence electrons. The van der Waals surface area contributed by atoms with Crippen molar-refractivity contribution in [2.45, 2.75) is 58.2 Å². The maximum absolute atomic E-state index is 11.3. The Hall–Kier alpha value is -3.33. The molecule has 1 amide bonds. The van der Waals surface area contributed by atoms with Gasteiger partial charge in [0.25, 0.3) is 0 Å². The van der Waals surface area contributed by atoms with E-state index in [2.05, 4.69) is 43.9 Å². The Morgan fingerprint density at radius 1 is 1.18 bits per heavy atom. The molecule has 0 aromatic carbocycles. The fourth-order valence-electron chi connectivity index (χ4n) is 4.76. The molecule has 1 atom stereocenters. The molecule has 0 spiro atoms. The van der Waals surface area contributed by atoms with Gasteiger partial charge in [-0.3, -0.25) is 9.20 Å². The van der Waals surface area contributed by atoms with E-state index in [1.54, 1.807) is 13.1 Å². The van der Waals surface area contributed by atoms with Crippen LogP contribution in [0.25, 0.3) is 11.4 Å². The zero-order valence-corrected chi connectivity index (χ0v) is 19.1. The summed E-state index contributed by atoms with van der Waals surface area (Å²) in [6, 6.07) is 0.514. The molecule has 0 radical (unpaired) electrons. The summed E-state index contributed by atoms with van der Waals surface area (Å²) in [5.74, 6) is 1.98. The summed E-state index contributed by atoms with van der Waals surface area (Å²) in [7, 11) is 0. The van der Waals surface area contributed by atoms with E-state index in [0.717, 1.165) is 54.6 Å². The van der Waals surface area contributed by atoms with E-state index in [0.29, 0.717) is 30.2 Å². The Kier molecular flexibility index (Phi) is 6.04. The zero-order chi connectivity index (χ0) is 22.8. The van der Waals surface area contributed by atoms with Crippen LogP contribution in [-0.4, -0.2) is 48.9 Å². The van der Waals surface area contributed by atoms with Gasteiger partial charge in [0, 0.05) is 74.2 Å². The third-order valence-corrected chi connectivity index (χ3v) is 6.53. The molecule has 0 bridgehead atoms. The van der Waals surface area contributed by atoms with E-state index in [1.165, 1.54) is 0 Å². The fraction of sp³-hybridized carbons (Fsp3) is 0.458. The minimum absolute atomic E-state index is 0.0621. The van der Waals surface area contributed by atoms with Gasteiger partial charge in [0.15, 0.2) is 0 Å². The first kappa shape index (κ1) is 21.5. The number of nitrogens with zero attached hydrogens (tertiary/aromatic N) is 5. The molecular formula is C24H30N8O. The van der Waals surface area contributed by atoms with Crippen molar-refractivity contribution < 1.29 is 4.79 Å². The number of carbonyl (C=O) groups is 1. The minimum Gasteiger partial charge on any atom is -0.354 e. The second kappa shape index (κ2) is 9.27. The number of aromatic nitrogens is 5. The normalized spacial score (nSPS) is 22.8. The molecule has 1 aliphatic heterocycles. The molecule has 1 aliphatic carbocycles. The monoisotopic (exact) mass is 446 g/mol. The molecule has 3 aromatic rings. The number of nitrogens with one attached hydrogen (secondary N) is 3. The number of imidazole rings is 1. The van der Waals surface area contributed by atoms with E-state index >= 15 is 0 Å². The van der Waals surface area contributed by atoms with Crippen LogP contribution in [0.1, 0.15) is 56.4 Å². The second-order valence-corrected chi connectivity index (χ2v) is 9.08. The van der Waals surface area contributed by atoms with E-state index in [1.807, 2.05) is 29.2 Å². The third-order valence-electron chi connectivity index (χ3n) is 6.53. The van der Waals surface area contributed by atoms with Gasteiger partial charge in [0.05, 0.1) is 5.69 Å².